The van der Waals surface area contributed by atoms with Crippen molar-refractivity contribution in [3.63, 3.8) is 0 Å². The molecular formula is C78H153NO5. The van der Waals surface area contributed by atoms with Crippen molar-refractivity contribution in [1.82, 2.24) is 5.32 Å². The summed E-state index contributed by atoms with van der Waals surface area (Å²) >= 11 is 0. The predicted octanol–water partition coefficient (Wildman–Crippen LogP) is 25.5. The van der Waals surface area contributed by atoms with Gasteiger partial charge in [0.2, 0.25) is 5.91 Å². The lowest BCUT2D eigenvalue weighted by Gasteiger charge is -2.22. The van der Waals surface area contributed by atoms with E-state index >= 15 is 0 Å². The fourth-order valence-electron chi connectivity index (χ4n) is 12.6. The molecule has 6 heteroatoms. The van der Waals surface area contributed by atoms with Crippen LogP contribution in [-0.4, -0.2) is 47.4 Å². The zero-order valence-corrected chi connectivity index (χ0v) is 57.4. The molecule has 0 aliphatic heterocycles. The van der Waals surface area contributed by atoms with Crippen LogP contribution in [-0.2, 0) is 14.3 Å². The minimum atomic E-state index is -0.662. The summed E-state index contributed by atoms with van der Waals surface area (Å²) in [7, 11) is 0. The number of nitrogens with one attached hydrogen (secondary N) is 1. The van der Waals surface area contributed by atoms with Crippen molar-refractivity contribution in [2.24, 2.45) is 0 Å². The van der Waals surface area contributed by atoms with Crippen molar-refractivity contribution in [3.8, 4) is 0 Å². The van der Waals surface area contributed by atoms with Crippen molar-refractivity contribution in [2.45, 2.75) is 463 Å². The maximum absolute atomic E-state index is 12.6. The molecule has 0 heterocycles. The van der Waals surface area contributed by atoms with Crippen LogP contribution in [0.4, 0.5) is 0 Å². The summed E-state index contributed by atoms with van der Waals surface area (Å²) in [5.41, 5.74) is 0. The monoisotopic (exact) mass is 1180 g/mol. The van der Waals surface area contributed by atoms with Crippen LogP contribution in [0.15, 0.2) is 12.2 Å². The normalized spacial score (nSPS) is 12.5. The second-order valence-corrected chi connectivity index (χ2v) is 27.0. The predicted molar refractivity (Wildman–Crippen MR) is 370 cm³/mol. The molecule has 0 aliphatic carbocycles. The Kier molecular flexibility index (Phi) is 72.8. The molecule has 0 saturated heterocycles. The van der Waals surface area contributed by atoms with E-state index in [0.717, 1.165) is 44.9 Å². The Hall–Kier alpha value is -1.40. The van der Waals surface area contributed by atoms with Crippen molar-refractivity contribution in [3.05, 3.63) is 12.2 Å². The lowest BCUT2D eigenvalue weighted by Crippen LogP contribution is -2.45. The van der Waals surface area contributed by atoms with Gasteiger partial charge in [0, 0.05) is 12.8 Å². The number of esters is 1. The molecule has 0 bridgehead atoms. The van der Waals surface area contributed by atoms with Gasteiger partial charge >= 0.3 is 5.97 Å². The van der Waals surface area contributed by atoms with Crippen LogP contribution < -0.4 is 5.32 Å². The molecule has 3 N–H and O–H groups in total. The molecule has 0 aromatic rings. The first-order chi connectivity index (χ1) is 41.5. The van der Waals surface area contributed by atoms with Gasteiger partial charge < -0.3 is 20.3 Å². The first-order valence-corrected chi connectivity index (χ1v) is 38.9. The standard InChI is InChI=1S/C78H153NO5/c1-3-5-7-9-11-13-15-17-19-21-22-36-39-42-46-50-54-58-62-66-70-76(81)75(74-80)79-77(82)71-67-63-59-55-51-47-43-40-37-34-32-30-28-26-24-23-25-27-29-31-33-35-38-41-45-49-53-57-61-65-69-73-84-78(83)72-68-64-60-56-52-48-44-20-18-16-14-12-10-8-6-4-2/h20,44,75-76,80-81H,3-19,21-43,45-74H2,1-2H3,(H,79,82)/b44-20-. The summed E-state index contributed by atoms with van der Waals surface area (Å²) in [6, 6.07) is -0.538. The van der Waals surface area contributed by atoms with E-state index in [1.54, 1.807) is 0 Å². The molecule has 0 aliphatic rings. The highest BCUT2D eigenvalue weighted by Crippen LogP contribution is 2.20. The van der Waals surface area contributed by atoms with E-state index < -0.39 is 12.1 Å². The van der Waals surface area contributed by atoms with Crippen LogP contribution in [0.25, 0.3) is 0 Å². The van der Waals surface area contributed by atoms with Gasteiger partial charge in [0.1, 0.15) is 0 Å². The molecule has 84 heavy (non-hydrogen) atoms. The minimum absolute atomic E-state index is 0.0145. The average molecular weight is 1190 g/mol. The lowest BCUT2D eigenvalue weighted by atomic mass is 10.0. The van der Waals surface area contributed by atoms with Gasteiger partial charge in [-0.3, -0.25) is 9.59 Å². The first kappa shape index (κ1) is 82.6. The van der Waals surface area contributed by atoms with Gasteiger partial charge in [-0.05, 0) is 51.4 Å². The molecule has 0 radical (unpaired) electrons. The number of ether oxygens (including phenoxy) is 1. The maximum Gasteiger partial charge on any atom is 0.305 e. The van der Waals surface area contributed by atoms with Crippen molar-refractivity contribution in [1.29, 1.82) is 0 Å². The first-order valence-electron chi connectivity index (χ1n) is 38.9. The summed E-state index contributed by atoms with van der Waals surface area (Å²) in [5, 5.41) is 23.4. The van der Waals surface area contributed by atoms with Crippen LogP contribution in [0.1, 0.15) is 450 Å². The SMILES string of the molecule is CCCCCCCCC/C=C\CCCCCCCC(=O)OCCCCCCCCCCCCCCCCCCCCCCCCCCCCCCCCCC(=O)NC(CO)C(O)CCCCCCCCCCCCCCCCCCCCCC. The summed E-state index contributed by atoms with van der Waals surface area (Å²) in [5.74, 6) is -0.0109. The fourth-order valence-corrected chi connectivity index (χ4v) is 12.6. The third-order valence-electron chi connectivity index (χ3n) is 18.6. The molecule has 0 aromatic heterocycles. The molecule has 0 saturated carbocycles. The van der Waals surface area contributed by atoms with Crippen molar-refractivity contribution >= 4 is 11.9 Å². The number of aliphatic hydroxyl groups is 2. The number of allylic oxidation sites excluding steroid dienone is 2. The summed E-state index contributed by atoms with van der Waals surface area (Å²) < 4.78 is 5.50. The van der Waals surface area contributed by atoms with Crippen LogP contribution in [0.5, 0.6) is 0 Å². The Labute approximate surface area is 527 Å². The number of amides is 1. The highest BCUT2D eigenvalue weighted by atomic mass is 16.5. The Bertz CT molecular complexity index is 1270. The zero-order chi connectivity index (χ0) is 60.6. The number of rotatable bonds is 74. The average Bonchev–Trinajstić information content (AvgIpc) is 3.51. The fraction of sp³-hybridized carbons (Fsp3) is 0.949. The third kappa shape index (κ3) is 69.7. The molecule has 1 amide bonds. The van der Waals surface area contributed by atoms with Crippen molar-refractivity contribution in [2.75, 3.05) is 13.2 Å². The molecule has 2 atom stereocenters. The molecule has 0 fully saturated rings. The second kappa shape index (κ2) is 74.1. The van der Waals surface area contributed by atoms with E-state index in [4.69, 9.17) is 4.74 Å². The molecule has 2 unspecified atom stereocenters. The van der Waals surface area contributed by atoms with E-state index in [1.807, 2.05) is 0 Å². The van der Waals surface area contributed by atoms with Crippen molar-refractivity contribution < 1.29 is 24.5 Å². The Balaban J connectivity index is 3.32. The number of carbonyl (C=O) groups is 2. The van der Waals surface area contributed by atoms with E-state index in [0.29, 0.717) is 25.9 Å². The van der Waals surface area contributed by atoms with Gasteiger partial charge in [-0.2, -0.15) is 0 Å². The highest BCUT2D eigenvalue weighted by molar-refractivity contribution is 5.76. The molecule has 0 aromatic carbocycles. The Morgan fingerprint density at radius 3 is 0.845 bits per heavy atom. The molecule has 0 rings (SSSR count). The number of hydrogen-bond donors (Lipinski definition) is 3. The highest BCUT2D eigenvalue weighted by Gasteiger charge is 2.20. The summed E-state index contributed by atoms with van der Waals surface area (Å²) in [4.78, 5) is 24.6. The number of carbonyl (C=O) groups excluding carboxylic acids is 2. The molecule has 0 spiro atoms. The topological polar surface area (TPSA) is 95.9 Å². The van der Waals surface area contributed by atoms with E-state index in [-0.39, 0.29) is 18.5 Å². The van der Waals surface area contributed by atoms with Gasteiger partial charge in [-0.1, -0.05) is 398 Å². The number of aliphatic hydroxyl groups excluding tert-OH is 2. The summed E-state index contributed by atoms with van der Waals surface area (Å²) in [6.07, 6.45) is 93.0. The molecule has 6 nitrogen and oxygen atoms in total. The Morgan fingerprint density at radius 1 is 0.321 bits per heavy atom. The smallest absolute Gasteiger partial charge is 0.305 e. The summed E-state index contributed by atoms with van der Waals surface area (Å²) in [6.45, 7) is 5.00. The van der Waals surface area contributed by atoms with Gasteiger partial charge in [0.15, 0.2) is 0 Å². The van der Waals surface area contributed by atoms with E-state index in [2.05, 4.69) is 31.3 Å². The van der Waals surface area contributed by atoms with Gasteiger partial charge in [-0.25, -0.2) is 0 Å². The number of unbranched alkanes of at least 4 members (excludes halogenated alkanes) is 61. The Morgan fingerprint density at radius 2 is 0.560 bits per heavy atom. The van der Waals surface area contributed by atoms with Gasteiger partial charge in [0.25, 0.3) is 0 Å². The molecule has 500 valence electrons. The second-order valence-electron chi connectivity index (χ2n) is 27.0. The lowest BCUT2D eigenvalue weighted by molar-refractivity contribution is -0.143. The largest absolute Gasteiger partial charge is 0.466 e. The van der Waals surface area contributed by atoms with Gasteiger partial charge in [0.05, 0.1) is 25.4 Å². The van der Waals surface area contributed by atoms with Crippen LogP contribution in [0.2, 0.25) is 0 Å². The minimum Gasteiger partial charge on any atom is -0.466 e. The number of hydrogen-bond acceptors (Lipinski definition) is 5. The zero-order valence-electron chi connectivity index (χ0n) is 57.4. The quantitative estimate of drug-likeness (QED) is 0.0320. The van der Waals surface area contributed by atoms with Crippen LogP contribution in [0, 0.1) is 0 Å². The third-order valence-corrected chi connectivity index (χ3v) is 18.6. The van der Waals surface area contributed by atoms with E-state index in [1.165, 1.54) is 372 Å². The van der Waals surface area contributed by atoms with Crippen LogP contribution in [0.3, 0.4) is 0 Å². The molecular weight excluding hydrogens is 1030 g/mol. The van der Waals surface area contributed by atoms with Gasteiger partial charge in [-0.15, -0.1) is 0 Å². The van der Waals surface area contributed by atoms with E-state index in [9.17, 15) is 19.8 Å². The maximum atomic E-state index is 12.6. The van der Waals surface area contributed by atoms with Crippen LogP contribution >= 0.6 is 0 Å².